The van der Waals surface area contributed by atoms with Gasteiger partial charge in [0.2, 0.25) is 5.75 Å². The molecule has 0 unspecified atom stereocenters. The molecule has 6 heteroatoms. The molecule has 0 aliphatic heterocycles. The maximum Gasteiger partial charge on any atom is 0.203 e. The molecule has 0 saturated heterocycles. The van der Waals surface area contributed by atoms with E-state index in [4.69, 9.17) is 14.2 Å². The summed E-state index contributed by atoms with van der Waals surface area (Å²) in [5.41, 5.74) is 3.15. The summed E-state index contributed by atoms with van der Waals surface area (Å²) in [6.45, 7) is 0. The highest BCUT2D eigenvalue weighted by Crippen LogP contribution is 2.44. The number of aromatic nitrogens is 1. The Balaban J connectivity index is 2.14. The molecule has 2 aromatic carbocycles. The Morgan fingerprint density at radius 1 is 0.875 bits per heavy atom. The predicted molar refractivity (Wildman–Crippen MR) is 100 cm³/mol. The smallest absolute Gasteiger partial charge is 0.203 e. The fraction of sp³-hybridized carbons (Fsp3) is 0.167. The van der Waals surface area contributed by atoms with Crippen LogP contribution in [-0.4, -0.2) is 25.7 Å². The van der Waals surface area contributed by atoms with Gasteiger partial charge in [0.15, 0.2) is 11.5 Å². The van der Waals surface area contributed by atoms with Crippen LogP contribution in [0.25, 0.3) is 21.6 Å². The van der Waals surface area contributed by atoms with E-state index in [0.29, 0.717) is 17.2 Å². The maximum absolute atomic E-state index is 5.45. The zero-order valence-corrected chi connectivity index (χ0v) is 15.9. The van der Waals surface area contributed by atoms with Crippen molar-refractivity contribution in [3.8, 4) is 38.8 Å². The lowest BCUT2D eigenvalue weighted by Crippen LogP contribution is -1.95. The fourth-order valence-corrected chi connectivity index (χ4v) is 3.52. The summed E-state index contributed by atoms with van der Waals surface area (Å²) in [5.74, 6) is 1.84. The molecule has 0 amide bonds. The molecule has 0 aliphatic rings. The van der Waals surface area contributed by atoms with Gasteiger partial charge in [0, 0.05) is 21.8 Å². The van der Waals surface area contributed by atoms with Crippen LogP contribution in [0.5, 0.6) is 17.2 Å². The molecular formula is C18H16BrNO3S. The van der Waals surface area contributed by atoms with Gasteiger partial charge >= 0.3 is 0 Å². The first-order valence-electron chi connectivity index (χ1n) is 7.19. The lowest BCUT2D eigenvalue weighted by molar-refractivity contribution is 0.324. The minimum absolute atomic E-state index is 0.582. The lowest BCUT2D eigenvalue weighted by Gasteiger charge is -2.14. The molecule has 1 heterocycles. The third kappa shape index (κ3) is 3.12. The second-order valence-corrected chi connectivity index (χ2v) is 6.71. The summed E-state index contributed by atoms with van der Waals surface area (Å²) in [4.78, 5) is 1.05. The molecule has 0 atom stereocenters. The number of nitrogens with zero attached hydrogens (tertiary/aromatic N) is 1. The highest BCUT2D eigenvalue weighted by atomic mass is 79.9. The van der Waals surface area contributed by atoms with Crippen molar-refractivity contribution in [3.63, 3.8) is 0 Å². The molecule has 124 valence electrons. The van der Waals surface area contributed by atoms with Crippen LogP contribution in [-0.2, 0) is 0 Å². The maximum atomic E-state index is 5.45. The van der Waals surface area contributed by atoms with Crippen LogP contribution in [0, 0.1) is 0 Å². The van der Waals surface area contributed by atoms with Crippen molar-refractivity contribution in [1.82, 2.24) is 4.37 Å². The van der Waals surface area contributed by atoms with E-state index in [0.717, 1.165) is 26.0 Å². The van der Waals surface area contributed by atoms with Gasteiger partial charge in [0.25, 0.3) is 0 Å². The van der Waals surface area contributed by atoms with Crippen molar-refractivity contribution in [3.05, 3.63) is 47.1 Å². The van der Waals surface area contributed by atoms with Crippen LogP contribution in [0.1, 0.15) is 0 Å². The van der Waals surface area contributed by atoms with Crippen LogP contribution < -0.4 is 14.2 Å². The Hall–Kier alpha value is -2.05. The number of ether oxygens (including phenoxy) is 3. The Bertz CT molecular complexity index is 821. The van der Waals surface area contributed by atoms with Crippen LogP contribution in [0.4, 0.5) is 0 Å². The minimum atomic E-state index is 0.582. The fourth-order valence-electron chi connectivity index (χ4n) is 2.50. The van der Waals surface area contributed by atoms with Crippen molar-refractivity contribution in [2.45, 2.75) is 0 Å². The predicted octanol–water partition coefficient (Wildman–Crippen LogP) is 5.27. The summed E-state index contributed by atoms with van der Waals surface area (Å²) in [6.07, 6.45) is 1.88. The Kier molecular flexibility index (Phi) is 5.06. The number of halogens is 1. The van der Waals surface area contributed by atoms with E-state index in [-0.39, 0.29) is 0 Å². The van der Waals surface area contributed by atoms with Crippen LogP contribution >= 0.6 is 27.5 Å². The molecular weight excluding hydrogens is 390 g/mol. The molecule has 0 N–H and O–H groups in total. The molecule has 0 fully saturated rings. The number of hydrogen-bond donors (Lipinski definition) is 0. The van der Waals surface area contributed by atoms with Gasteiger partial charge in [-0.1, -0.05) is 28.1 Å². The topological polar surface area (TPSA) is 40.6 Å². The minimum Gasteiger partial charge on any atom is -0.493 e. The molecule has 0 radical (unpaired) electrons. The first-order chi connectivity index (χ1) is 11.7. The van der Waals surface area contributed by atoms with Gasteiger partial charge in [0.05, 0.1) is 26.2 Å². The summed E-state index contributed by atoms with van der Waals surface area (Å²) >= 11 is 4.91. The van der Waals surface area contributed by atoms with Gasteiger partial charge in [0.1, 0.15) is 0 Å². The van der Waals surface area contributed by atoms with E-state index < -0.39 is 0 Å². The molecule has 0 saturated carbocycles. The van der Waals surface area contributed by atoms with Gasteiger partial charge in [-0.2, -0.15) is 4.37 Å². The van der Waals surface area contributed by atoms with E-state index >= 15 is 0 Å². The first kappa shape index (κ1) is 16.8. The number of hydrogen-bond acceptors (Lipinski definition) is 5. The van der Waals surface area contributed by atoms with Crippen molar-refractivity contribution in [2.75, 3.05) is 21.3 Å². The quantitative estimate of drug-likeness (QED) is 0.579. The highest BCUT2D eigenvalue weighted by Gasteiger charge is 2.17. The van der Waals surface area contributed by atoms with Crippen molar-refractivity contribution in [1.29, 1.82) is 0 Å². The van der Waals surface area contributed by atoms with Gasteiger partial charge < -0.3 is 14.2 Å². The number of methoxy groups -OCH3 is 3. The Morgan fingerprint density at radius 2 is 1.50 bits per heavy atom. The standard InChI is InChI=1S/C18H16BrNO3S/c1-21-15-8-12(9-16(22-2)17(15)23-3)18-14(10-20-24-18)11-4-6-13(19)7-5-11/h4-10H,1-3H3. The van der Waals surface area contributed by atoms with E-state index in [9.17, 15) is 0 Å². The average Bonchev–Trinajstić information content (AvgIpc) is 3.10. The molecule has 4 nitrogen and oxygen atoms in total. The van der Waals surface area contributed by atoms with Crippen LogP contribution in [0.3, 0.4) is 0 Å². The van der Waals surface area contributed by atoms with Crippen molar-refractivity contribution >= 4 is 27.5 Å². The lowest BCUT2D eigenvalue weighted by atomic mass is 10.0. The van der Waals surface area contributed by atoms with E-state index in [2.05, 4.69) is 32.4 Å². The van der Waals surface area contributed by atoms with Crippen LogP contribution in [0.2, 0.25) is 0 Å². The van der Waals surface area contributed by atoms with Gasteiger partial charge in [-0.15, -0.1) is 0 Å². The summed E-state index contributed by atoms with van der Waals surface area (Å²) in [6, 6.07) is 12.1. The molecule has 0 bridgehead atoms. The second kappa shape index (κ2) is 7.23. The normalized spacial score (nSPS) is 10.5. The molecule has 1 aromatic heterocycles. The third-order valence-electron chi connectivity index (χ3n) is 3.65. The monoisotopic (exact) mass is 405 g/mol. The van der Waals surface area contributed by atoms with Gasteiger partial charge in [-0.25, -0.2) is 0 Å². The highest BCUT2D eigenvalue weighted by molar-refractivity contribution is 9.10. The number of rotatable bonds is 5. The summed E-state index contributed by atoms with van der Waals surface area (Å²) in [5, 5.41) is 0. The largest absolute Gasteiger partial charge is 0.493 e. The second-order valence-electron chi connectivity index (χ2n) is 4.99. The van der Waals surface area contributed by atoms with E-state index in [1.165, 1.54) is 11.5 Å². The third-order valence-corrected chi connectivity index (χ3v) is 5.03. The van der Waals surface area contributed by atoms with E-state index in [1.807, 2.05) is 30.5 Å². The van der Waals surface area contributed by atoms with E-state index in [1.54, 1.807) is 21.3 Å². The first-order valence-corrected chi connectivity index (χ1v) is 8.75. The molecule has 0 spiro atoms. The van der Waals surface area contributed by atoms with Crippen LogP contribution in [0.15, 0.2) is 47.1 Å². The molecule has 0 aliphatic carbocycles. The molecule has 24 heavy (non-hydrogen) atoms. The average molecular weight is 406 g/mol. The van der Waals surface area contributed by atoms with Crippen molar-refractivity contribution in [2.24, 2.45) is 0 Å². The summed E-state index contributed by atoms with van der Waals surface area (Å²) < 4.78 is 21.7. The Morgan fingerprint density at radius 3 is 2.04 bits per heavy atom. The zero-order valence-electron chi connectivity index (χ0n) is 13.5. The van der Waals surface area contributed by atoms with Gasteiger partial charge in [-0.3, -0.25) is 0 Å². The van der Waals surface area contributed by atoms with Gasteiger partial charge in [-0.05, 0) is 41.4 Å². The Labute approximate surface area is 153 Å². The zero-order chi connectivity index (χ0) is 17.1. The molecule has 3 aromatic rings. The SMILES string of the molecule is COc1cc(-c2sncc2-c2ccc(Br)cc2)cc(OC)c1OC. The number of benzene rings is 2. The summed E-state index contributed by atoms with van der Waals surface area (Å²) in [7, 11) is 4.83. The molecule has 3 rings (SSSR count). The van der Waals surface area contributed by atoms with Crippen molar-refractivity contribution < 1.29 is 14.2 Å².